The van der Waals surface area contributed by atoms with E-state index in [-0.39, 0.29) is 16.7 Å². The van der Waals surface area contributed by atoms with Crippen LogP contribution in [-0.2, 0) is 14.8 Å². The fourth-order valence-corrected chi connectivity index (χ4v) is 6.21. The molecule has 186 valence electrons. The predicted octanol–water partition coefficient (Wildman–Crippen LogP) is 3.05. The molecule has 2 aromatic rings. The van der Waals surface area contributed by atoms with Crippen LogP contribution in [0.2, 0.25) is 0 Å². The Balaban J connectivity index is 1.46. The maximum absolute atomic E-state index is 13.2. The molecule has 2 aliphatic heterocycles. The molecular weight excluding hydrogens is 464 g/mol. The second-order valence-electron chi connectivity index (χ2n) is 9.31. The molecule has 2 aliphatic rings. The van der Waals surface area contributed by atoms with E-state index in [2.05, 4.69) is 21.3 Å². The number of hydrogen-bond acceptors (Lipinski definition) is 7. The molecule has 0 radical (unpaired) electrons. The maximum atomic E-state index is 13.2. The molecule has 0 bridgehead atoms. The third-order valence-corrected chi connectivity index (χ3v) is 8.62. The number of pyridine rings is 1. The molecule has 35 heavy (non-hydrogen) atoms. The number of benzene rings is 1. The smallest absolute Gasteiger partial charge is 0.243 e. The van der Waals surface area contributed by atoms with E-state index in [4.69, 9.17) is 5.26 Å². The van der Waals surface area contributed by atoms with Gasteiger partial charge in [-0.05, 0) is 56.0 Å². The van der Waals surface area contributed by atoms with Crippen molar-refractivity contribution in [2.24, 2.45) is 5.92 Å². The highest BCUT2D eigenvalue weighted by molar-refractivity contribution is 7.89. The van der Waals surface area contributed by atoms with E-state index in [1.807, 2.05) is 25.1 Å². The van der Waals surface area contributed by atoms with E-state index in [9.17, 15) is 13.2 Å². The van der Waals surface area contributed by atoms with Gasteiger partial charge in [-0.15, -0.1) is 0 Å². The molecule has 4 rings (SSSR count). The Bertz CT molecular complexity index is 1190. The monoisotopic (exact) mass is 496 g/mol. The van der Waals surface area contributed by atoms with Gasteiger partial charge in [0.05, 0.1) is 21.8 Å². The average molecular weight is 497 g/mol. The summed E-state index contributed by atoms with van der Waals surface area (Å²) in [5, 5.41) is 12.0. The van der Waals surface area contributed by atoms with Crippen molar-refractivity contribution in [1.29, 1.82) is 5.26 Å². The number of aromatic nitrogens is 1. The summed E-state index contributed by atoms with van der Waals surface area (Å²) in [6.07, 6.45) is 5.67. The van der Waals surface area contributed by atoms with Crippen molar-refractivity contribution in [3.8, 4) is 6.07 Å². The van der Waals surface area contributed by atoms with Crippen LogP contribution in [0.5, 0.6) is 0 Å². The molecule has 2 saturated heterocycles. The van der Waals surface area contributed by atoms with Gasteiger partial charge in [0.2, 0.25) is 15.9 Å². The number of sulfonamides is 1. The number of nitrogens with one attached hydrogen (secondary N) is 1. The Kier molecular flexibility index (Phi) is 7.57. The standard InChI is InChI=1S/C25H32N6O3S/c1-29(2)23-8-7-21(35(33,34)31-12-4-3-5-13-31)16-22(23)28-25(32)20-10-14-30(15-11-20)24-9-6-19(17-26)18-27-24/h6-9,16,18,20H,3-5,10-15H2,1-2H3,(H,28,32). The van der Waals surface area contributed by atoms with Crippen LogP contribution in [0.4, 0.5) is 17.2 Å². The minimum absolute atomic E-state index is 0.104. The van der Waals surface area contributed by atoms with E-state index in [0.29, 0.717) is 50.3 Å². The number of nitrogens with zero attached hydrogens (tertiary/aromatic N) is 5. The Morgan fingerprint density at radius 3 is 2.40 bits per heavy atom. The highest BCUT2D eigenvalue weighted by Gasteiger charge is 2.29. The third kappa shape index (κ3) is 5.57. The zero-order valence-corrected chi connectivity index (χ0v) is 21.1. The van der Waals surface area contributed by atoms with E-state index >= 15 is 0 Å². The Morgan fingerprint density at radius 2 is 1.80 bits per heavy atom. The van der Waals surface area contributed by atoms with Gasteiger partial charge in [-0.2, -0.15) is 9.57 Å². The molecule has 0 spiro atoms. The molecule has 0 saturated carbocycles. The maximum Gasteiger partial charge on any atom is 0.243 e. The third-order valence-electron chi connectivity index (χ3n) is 6.73. The molecular formula is C25H32N6O3S. The summed E-state index contributed by atoms with van der Waals surface area (Å²) in [4.78, 5) is 21.7. The van der Waals surface area contributed by atoms with E-state index in [0.717, 1.165) is 30.8 Å². The van der Waals surface area contributed by atoms with Gasteiger partial charge >= 0.3 is 0 Å². The lowest BCUT2D eigenvalue weighted by Crippen LogP contribution is -2.38. The first-order valence-corrected chi connectivity index (χ1v) is 13.5. The number of carbonyl (C=O) groups is 1. The second-order valence-corrected chi connectivity index (χ2v) is 11.2. The summed E-state index contributed by atoms with van der Waals surface area (Å²) in [5.74, 6) is 0.517. The molecule has 0 atom stereocenters. The largest absolute Gasteiger partial charge is 0.376 e. The van der Waals surface area contributed by atoms with Crippen molar-refractivity contribution in [3.63, 3.8) is 0 Å². The fourth-order valence-electron chi connectivity index (χ4n) is 4.66. The summed E-state index contributed by atoms with van der Waals surface area (Å²) in [5.41, 5.74) is 1.79. The first-order chi connectivity index (χ1) is 16.8. The van der Waals surface area contributed by atoms with E-state index in [1.165, 1.54) is 0 Å². The van der Waals surface area contributed by atoms with Crippen LogP contribution >= 0.6 is 0 Å². The number of rotatable bonds is 6. The molecule has 3 heterocycles. The van der Waals surface area contributed by atoms with E-state index in [1.54, 1.807) is 34.8 Å². The molecule has 1 N–H and O–H groups in total. The molecule has 10 heteroatoms. The number of nitriles is 1. The van der Waals surface area contributed by atoms with Gasteiger partial charge < -0.3 is 15.1 Å². The molecule has 0 aliphatic carbocycles. The average Bonchev–Trinajstić information content (AvgIpc) is 2.89. The molecule has 1 aromatic carbocycles. The lowest BCUT2D eigenvalue weighted by molar-refractivity contribution is -0.120. The van der Waals surface area contributed by atoms with Crippen molar-refractivity contribution < 1.29 is 13.2 Å². The number of carbonyl (C=O) groups excluding carboxylic acids is 1. The zero-order valence-electron chi connectivity index (χ0n) is 20.3. The second kappa shape index (κ2) is 10.6. The first kappa shape index (κ1) is 24.9. The minimum atomic E-state index is -3.60. The lowest BCUT2D eigenvalue weighted by Gasteiger charge is -2.32. The number of amides is 1. The van der Waals surface area contributed by atoms with Crippen molar-refractivity contribution >= 4 is 33.1 Å². The van der Waals surface area contributed by atoms with Gasteiger partial charge in [0.1, 0.15) is 11.9 Å². The Hall–Kier alpha value is -3.16. The number of anilines is 3. The quantitative estimate of drug-likeness (QED) is 0.655. The Morgan fingerprint density at radius 1 is 1.09 bits per heavy atom. The highest BCUT2D eigenvalue weighted by atomic mass is 32.2. The highest BCUT2D eigenvalue weighted by Crippen LogP contribution is 2.31. The van der Waals surface area contributed by atoms with Crippen molar-refractivity contribution in [3.05, 3.63) is 42.1 Å². The molecule has 1 amide bonds. The van der Waals surface area contributed by atoms with Gasteiger partial charge in [-0.1, -0.05) is 6.42 Å². The van der Waals surface area contributed by atoms with E-state index < -0.39 is 10.0 Å². The number of piperidine rings is 2. The first-order valence-electron chi connectivity index (χ1n) is 12.0. The normalized spacial score (nSPS) is 17.6. The van der Waals surface area contributed by atoms with Crippen molar-refractivity contribution in [2.75, 3.05) is 55.4 Å². The fraction of sp³-hybridized carbons (Fsp3) is 0.480. The summed E-state index contributed by atoms with van der Waals surface area (Å²) in [6, 6.07) is 10.6. The summed E-state index contributed by atoms with van der Waals surface area (Å²) in [6.45, 7) is 2.43. The van der Waals surface area contributed by atoms with Crippen molar-refractivity contribution in [1.82, 2.24) is 9.29 Å². The number of hydrogen-bond donors (Lipinski definition) is 1. The minimum Gasteiger partial charge on any atom is -0.376 e. The summed E-state index contributed by atoms with van der Waals surface area (Å²) < 4.78 is 27.9. The SMILES string of the molecule is CN(C)c1ccc(S(=O)(=O)N2CCCCC2)cc1NC(=O)C1CCN(c2ccc(C#N)cn2)CC1. The van der Waals surface area contributed by atoms with Crippen LogP contribution in [0.15, 0.2) is 41.4 Å². The summed E-state index contributed by atoms with van der Waals surface area (Å²) in [7, 11) is 0.135. The topological polar surface area (TPSA) is 110 Å². The van der Waals surface area contributed by atoms with Crippen LogP contribution in [0, 0.1) is 17.2 Å². The predicted molar refractivity (Wildman–Crippen MR) is 136 cm³/mol. The van der Waals surface area contributed by atoms with Gasteiger partial charge in [-0.25, -0.2) is 13.4 Å². The summed E-state index contributed by atoms with van der Waals surface area (Å²) >= 11 is 0. The van der Waals surface area contributed by atoms with Crippen LogP contribution in [0.25, 0.3) is 0 Å². The van der Waals surface area contributed by atoms with Gasteiger partial charge in [0.25, 0.3) is 0 Å². The van der Waals surface area contributed by atoms with Gasteiger partial charge in [-0.3, -0.25) is 4.79 Å². The van der Waals surface area contributed by atoms with Gasteiger partial charge in [0.15, 0.2) is 0 Å². The van der Waals surface area contributed by atoms with Crippen LogP contribution < -0.4 is 15.1 Å². The lowest BCUT2D eigenvalue weighted by atomic mass is 9.95. The van der Waals surface area contributed by atoms with Crippen molar-refractivity contribution in [2.45, 2.75) is 37.0 Å². The van der Waals surface area contributed by atoms with Gasteiger partial charge in [0, 0.05) is 52.4 Å². The molecule has 2 fully saturated rings. The van der Waals surface area contributed by atoms with Crippen LogP contribution in [0.3, 0.4) is 0 Å². The molecule has 9 nitrogen and oxygen atoms in total. The molecule has 0 unspecified atom stereocenters. The Labute approximate surface area is 207 Å². The van der Waals surface area contributed by atoms with Crippen LogP contribution in [0.1, 0.15) is 37.7 Å². The molecule has 1 aromatic heterocycles. The van der Waals surface area contributed by atoms with Crippen LogP contribution in [-0.4, -0.2) is 63.9 Å². The zero-order chi connectivity index (χ0) is 25.0.